The molecule has 8 nitrogen and oxygen atoms in total. The van der Waals surface area contributed by atoms with Crippen LogP contribution in [0, 0.1) is 0 Å². The van der Waals surface area contributed by atoms with Crippen LogP contribution in [-0.2, 0) is 19.2 Å². The molecule has 0 amide bonds. The molecule has 10 heteroatoms. The summed E-state index contributed by atoms with van der Waals surface area (Å²) < 4.78 is 5.21. The molecule has 3 aliphatic rings. The summed E-state index contributed by atoms with van der Waals surface area (Å²) in [7, 11) is 0. The van der Waals surface area contributed by atoms with Crippen molar-refractivity contribution in [1.29, 1.82) is 0 Å². The van der Waals surface area contributed by atoms with E-state index in [1.165, 1.54) is 0 Å². The highest BCUT2D eigenvalue weighted by Crippen LogP contribution is 2.50. The first kappa shape index (κ1) is 24.3. The van der Waals surface area contributed by atoms with Gasteiger partial charge >= 0.3 is 11.9 Å². The van der Waals surface area contributed by atoms with Crippen molar-refractivity contribution < 1.29 is 34.1 Å². The standard InChI is InChI=1S/C24H23Cl2NO7/c25-13-9-12(10-14(26)24(13)34-11-20(32)33)21-22-15(3-1-5-17(22)28)27(8-7-19(30)31)16-4-2-6-18(29)23(16)21/h9-10,21H,1-8,11H2,(H,30,31)(H,32,33). The highest BCUT2D eigenvalue weighted by atomic mass is 35.5. The van der Waals surface area contributed by atoms with Crippen molar-refractivity contribution >= 4 is 46.7 Å². The molecular formula is C24H23Cl2NO7. The lowest BCUT2D eigenvalue weighted by Crippen LogP contribution is -2.39. The van der Waals surface area contributed by atoms with E-state index in [-0.39, 0.29) is 40.3 Å². The first-order valence-corrected chi connectivity index (χ1v) is 11.8. The van der Waals surface area contributed by atoms with Gasteiger partial charge in [0.2, 0.25) is 0 Å². The van der Waals surface area contributed by atoms with E-state index < -0.39 is 24.5 Å². The third-order valence-corrected chi connectivity index (χ3v) is 6.89. The molecule has 2 N–H and O–H groups in total. The van der Waals surface area contributed by atoms with Crippen molar-refractivity contribution in [1.82, 2.24) is 4.90 Å². The number of nitrogens with zero attached hydrogens (tertiary/aromatic N) is 1. The molecule has 4 rings (SSSR count). The number of Topliss-reactive ketones (excluding diaryl/α,β-unsaturated/α-hetero) is 2. The number of ketones is 2. The van der Waals surface area contributed by atoms with Gasteiger partial charge in [-0.2, -0.15) is 0 Å². The van der Waals surface area contributed by atoms with E-state index >= 15 is 0 Å². The predicted molar refractivity (Wildman–Crippen MR) is 123 cm³/mol. The summed E-state index contributed by atoms with van der Waals surface area (Å²) in [6.45, 7) is -0.438. The van der Waals surface area contributed by atoms with Crippen LogP contribution in [0.4, 0.5) is 0 Å². The number of carboxylic acids is 2. The number of hydrogen-bond acceptors (Lipinski definition) is 6. The zero-order valence-electron chi connectivity index (χ0n) is 18.2. The SMILES string of the molecule is O=C(O)CCN1C2=C(C(=O)CCC2)C(c2cc(Cl)c(OCC(=O)O)c(Cl)c2)C2=C1CCCC2=O. The Morgan fingerprint density at radius 3 is 1.91 bits per heavy atom. The van der Waals surface area contributed by atoms with Gasteiger partial charge in [0.05, 0.1) is 16.5 Å². The molecule has 0 fully saturated rings. The summed E-state index contributed by atoms with van der Waals surface area (Å²) in [5.41, 5.74) is 3.03. The maximum atomic E-state index is 13.2. The fourth-order valence-corrected chi connectivity index (χ4v) is 5.66. The normalized spacial score (nSPS) is 18.7. The lowest BCUT2D eigenvalue weighted by Gasteiger charge is -2.44. The quantitative estimate of drug-likeness (QED) is 0.558. The van der Waals surface area contributed by atoms with Crippen LogP contribution in [0.5, 0.6) is 5.75 Å². The first-order valence-electron chi connectivity index (χ1n) is 11.0. The molecule has 1 aromatic rings. The second-order valence-corrected chi connectivity index (χ2v) is 9.31. The van der Waals surface area contributed by atoms with E-state index in [9.17, 15) is 24.3 Å². The summed E-state index contributed by atoms with van der Waals surface area (Å²) in [6.07, 6.45) is 3.04. The van der Waals surface area contributed by atoms with Crippen LogP contribution in [0.3, 0.4) is 0 Å². The Balaban J connectivity index is 1.87. The van der Waals surface area contributed by atoms with Crippen molar-refractivity contribution in [2.45, 2.75) is 50.9 Å². The number of allylic oxidation sites excluding steroid dienone is 4. The largest absolute Gasteiger partial charge is 0.481 e. The summed E-state index contributed by atoms with van der Waals surface area (Å²) >= 11 is 12.8. The summed E-state index contributed by atoms with van der Waals surface area (Å²) in [5, 5.41) is 18.3. The topological polar surface area (TPSA) is 121 Å². The number of rotatable bonds is 7. The third-order valence-electron chi connectivity index (χ3n) is 6.33. The van der Waals surface area contributed by atoms with Crippen LogP contribution in [0.2, 0.25) is 10.0 Å². The van der Waals surface area contributed by atoms with E-state index in [4.69, 9.17) is 33.0 Å². The van der Waals surface area contributed by atoms with Gasteiger partial charge in [-0.3, -0.25) is 14.4 Å². The Hall–Kier alpha value is -2.84. The van der Waals surface area contributed by atoms with Gasteiger partial charge in [-0.15, -0.1) is 0 Å². The maximum Gasteiger partial charge on any atom is 0.341 e. The average molecular weight is 508 g/mol. The minimum atomic E-state index is -1.19. The minimum Gasteiger partial charge on any atom is -0.481 e. The van der Waals surface area contributed by atoms with Crippen LogP contribution in [-0.4, -0.2) is 51.8 Å². The lowest BCUT2D eigenvalue weighted by molar-refractivity contribution is -0.139. The van der Waals surface area contributed by atoms with Crippen molar-refractivity contribution in [2.75, 3.05) is 13.2 Å². The number of carbonyl (C=O) groups is 4. The van der Waals surface area contributed by atoms with Gasteiger partial charge in [-0.1, -0.05) is 23.2 Å². The van der Waals surface area contributed by atoms with Gasteiger partial charge in [0.15, 0.2) is 23.9 Å². The summed E-state index contributed by atoms with van der Waals surface area (Å²) in [4.78, 5) is 50.5. The van der Waals surface area contributed by atoms with Gasteiger partial charge in [0, 0.05) is 47.8 Å². The Morgan fingerprint density at radius 2 is 1.44 bits per heavy atom. The van der Waals surface area contributed by atoms with E-state index in [1.54, 1.807) is 12.1 Å². The molecule has 34 heavy (non-hydrogen) atoms. The molecule has 0 aromatic heterocycles. The highest BCUT2D eigenvalue weighted by Gasteiger charge is 2.43. The van der Waals surface area contributed by atoms with Crippen LogP contribution in [0.25, 0.3) is 0 Å². The van der Waals surface area contributed by atoms with E-state index in [2.05, 4.69) is 0 Å². The molecule has 0 atom stereocenters. The molecule has 1 aliphatic heterocycles. The van der Waals surface area contributed by atoms with E-state index in [1.807, 2.05) is 4.90 Å². The molecule has 0 unspecified atom stereocenters. The van der Waals surface area contributed by atoms with Crippen LogP contribution >= 0.6 is 23.2 Å². The lowest BCUT2D eigenvalue weighted by atomic mass is 9.71. The molecule has 0 bridgehead atoms. The average Bonchev–Trinajstić information content (AvgIpc) is 2.76. The number of benzene rings is 1. The molecule has 0 spiro atoms. The summed E-state index contributed by atoms with van der Waals surface area (Å²) in [5.74, 6) is -2.97. The third kappa shape index (κ3) is 4.57. The molecule has 0 saturated heterocycles. The molecular weight excluding hydrogens is 485 g/mol. The molecule has 0 saturated carbocycles. The van der Waals surface area contributed by atoms with Gasteiger partial charge in [0.1, 0.15) is 0 Å². The van der Waals surface area contributed by atoms with Crippen LogP contribution in [0.15, 0.2) is 34.7 Å². The van der Waals surface area contributed by atoms with Crippen molar-refractivity contribution in [2.24, 2.45) is 0 Å². The minimum absolute atomic E-state index is 0.0155. The molecule has 180 valence electrons. The Labute approximate surface area is 205 Å². The second kappa shape index (κ2) is 9.80. The van der Waals surface area contributed by atoms with Crippen LogP contribution in [0.1, 0.15) is 56.4 Å². The molecule has 1 heterocycles. The zero-order chi connectivity index (χ0) is 24.6. The smallest absolute Gasteiger partial charge is 0.341 e. The monoisotopic (exact) mass is 507 g/mol. The number of carbonyl (C=O) groups excluding carboxylic acids is 2. The second-order valence-electron chi connectivity index (χ2n) is 8.50. The fourth-order valence-electron chi connectivity index (χ4n) is 5.05. The number of hydrogen-bond donors (Lipinski definition) is 2. The maximum absolute atomic E-state index is 13.2. The fraction of sp³-hybridized carbons (Fsp3) is 0.417. The number of carboxylic acid groups (broad SMARTS) is 2. The molecule has 1 aromatic carbocycles. The number of halogens is 2. The predicted octanol–water partition coefficient (Wildman–Crippen LogP) is 4.34. The van der Waals surface area contributed by atoms with Crippen molar-refractivity contribution in [3.8, 4) is 5.75 Å². The first-order chi connectivity index (χ1) is 16.2. The Bertz CT molecular complexity index is 1090. The number of aliphatic carboxylic acids is 2. The van der Waals surface area contributed by atoms with Gasteiger partial charge in [-0.05, 0) is 43.4 Å². The van der Waals surface area contributed by atoms with E-state index in [0.717, 1.165) is 11.4 Å². The van der Waals surface area contributed by atoms with E-state index in [0.29, 0.717) is 55.2 Å². The van der Waals surface area contributed by atoms with Crippen LogP contribution < -0.4 is 4.74 Å². The van der Waals surface area contributed by atoms with Gasteiger partial charge < -0.3 is 19.8 Å². The molecule has 0 radical (unpaired) electrons. The summed E-state index contributed by atoms with van der Waals surface area (Å²) in [6, 6.07) is 3.11. The van der Waals surface area contributed by atoms with Crippen molar-refractivity contribution in [3.63, 3.8) is 0 Å². The zero-order valence-corrected chi connectivity index (χ0v) is 19.7. The molecule has 2 aliphatic carbocycles. The highest BCUT2D eigenvalue weighted by molar-refractivity contribution is 6.37. The van der Waals surface area contributed by atoms with Gasteiger partial charge in [-0.25, -0.2) is 4.79 Å². The Morgan fingerprint density at radius 1 is 0.912 bits per heavy atom. The van der Waals surface area contributed by atoms with Crippen molar-refractivity contribution in [3.05, 3.63) is 50.3 Å². The van der Waals surface area contributed by atoms with Gasteiger partial charge in [0.25, 0.3) is 0 Å². The number of ether oxygens (including phenoxy) is 1. The Kier molecular flexibility index (Phi) is 7.00.